The van der Waals surface area contributed by atoms with Gasteiger partial charge in [-0.2, -0.15) is 0 Å². The molecule has 0 aromatic rings. The van der Waals surface area contributed by atoms with Gasteiger partial charge in [0.25, 0.3) is 0 Å². The van der Waals surface area contributed by atoms with Crippen molar-refractivity contribution in [3.63, 3.8) is 0 Å². The first-order valence-corrected chi connectivity index (χ1v) is 6.98. The Kier molecular flexibility index (Phi) is 5.15. The van der Waals surface area contributed by atoms with Crippen LogP contribution in [0, 0.1) is 5.92 Å². The summed E-state index contributed by atoms with van der Waals surface area (Å²) in [5.74, 6) is 0.312. The van der Waals surface area contributed by atoms with Crippen LogP contribution in [0.2, 0.25) is 0 Å². The zero-order valence-electron chi connectivity index (χ0n) is 11.5. The molecule has 6 nitrogen and oxygen atoms in total. The molecular formula is C13H23N3O3. The number of hydrogen-bond donors (Lipinski definition) is 2. The minimum absolute atomic E-state index is 0.0345. The molecule has 2 aliphatic rings. The molecule has 1 unspecified atom stereocenters. The fraction of sp³-hybridized carbons (Fsp3) is 0.846. The number of likely N-dealkylation sites (tertiary alicyclic amines) is 1. The zero-order chi connectivity index (χ0) is 13.7. The molecule has 2 aliphatic heterocycles. The minimum atomic E-state index is 0.0345. The maximum atomic E-state index is 12.0. The Balaban J connectivity index is 1.71. The van der Waals surface area contributed by atoms with Gasteiger partial charge in [0.1, 0.15) is 6.61 Å². The van der Waals surface area contributed by atoms with E-state index in [0.717, 1.165) is 32.4 Å². The van der Waals surface area contributed by atoms with E-state index in [2.05, 4.69) is 10.6 Å². The lowest BCUT2D eigenvalue weighted by Gasteiger charge is -2.32. The molecule has 2 amide bonds. The maximum absolute atomic E-state index is 12.0. The molecule has 2 fully saturated rings. The highest BCUT2D eigenvalue weighted by Gasteiger charge is 2.27. The van der Waals surface area contributed by atoms with E-state index in [1.54, 1.807) is 0 Å². The lowest BCUT2D eigenvalue weighted by molar-refractivity contribution is -0.136. The highest BCUT2D eigenvalue weighted by atomic mass is 16.5. The van der Waals surface area contributed by atoms with Crippen LogP contribution < -0.4 is 10.6 Å². The van der Waals surface area contributed by atoms with Gasteiger partial charge in [-0.15, -0.1) is 0 Å². The normalized spacial score (nSPS) is 24.5. The van der Waals surface area contributed by atoms with E-state index < -0.39 is 0 Å². The summed E-state index contributed by atoms with van der Waals surface area (Å²) in [6, 6.07) is 0.208. The molecule has 0 bridgehead atoms. The van der Waals surface area contributed by atoms with Gasteiger partial charge in [-0.1, -0.05) is 0 Å². The molecule has 2 saturated heterocycles. The summed E-state index contributed by atoms with van der Waals surface area (Å²) in [6.07, 6.45) is 2.60. The molecule has 108 valence electrons. The van der Waals surface area contributed by atoms with Crippen LogP contribution in [0.4, 0.5) is 0 Å². The van der Waals surface area contributed by atoms with Gasteiger partial charge >= 0.3 is 0 Å². The lowest BCUT2D eigenvalue weighted by Crippen LogP contribution is -2.48. The SMILES string of the molecule is COCC(=O)N1CCC(NC(=O)C2CCNC2)CC1. The molecule has 19 heavy (non-hydrogen) atoms. The van der Waals surface area contributed by atoms with Crippen LogP contribution in [-0.4, -0.2) is 62.7 Å². The van der Waals surface area contributed by atoms with E-state index >= 15 is 0 Å². The Hall–Kier alpha value is -1.14. The van der Waals surface area contributed by atoms with Crippen LogP contribution in [0.3, 0.4) is 0 Å². The Morgan fingerprint density at radius 3 is 2.63 bits per heavy atom. The van der Waals surface area contributed by atoms with E-state index in [9.17, 15) is 9.59 Å². The number of rotatable bonds is 4. The van der Waals surface area contributed by atoms with Gasteiger partial charge in [-0.25, -0.2) is 0 Å². The van der Waals surface area contributed by atoms with Crippen molar-refractivity contribution >= 4 is 11.8 Å². The summed E-state index contributed by atoms with van der Waals surface area (Å²) < 4.78 is 4.85. The van der Waals surface area contributed by atoms with E-state index in [-0.39, 0.29) is 30.4 Å². The highest BCUT2D eigenvalue weighted by Crippen LogP contribution is 2.13. The van der Waals surface area contributed by atoms with Crippen LogP contribution in [0.15, 0.2) is 0 Å². The number of nitrogens with one attached hydrogen (secondary N) is 2. The van der Waals surface area contributed by atoms with Gasteiger partial charge in [-0.05, 0) is 25.8 Å². The van der Waals surface area contributed by atoms with Gasteiger partial charge in [0.05, 0.1) is 5.92 Å². The molecule has 0 aromatic heterocycles. The number of carbonyl (C=O) groups excluding carboxylic acids is 2. The molecule has 0 aromatic carbocycles. The van der Waals surface area contributed by atoms with Crippen LogP contribution >= 0.6 is 0 Å². The molecule has 1 atom stereocenters. The molecular weight excluding hydrogens is 246 g/mol. The van der Waals surface area contributed by atoms with Crippen molar-refractivity contribution in [1.29, 1.82) is 0 Å². The third-order valence-electron chi connectivity index (χ3n) is 3.89. The summed E-state index contributed by atoms with van der Waals surface area (Å²) in [4.78, 5) is 25.4. The molecule has 0 saturated carbocycles. The number of ether oxygens (including phenoxy) is 1. The van der Waals surface area contributed by atoms with Crippen molar-refractivity contribution in [2.24, 2.45) is 5.92 Å². The predicted molar refractivity (Wildman–Crippen MR) is 70.6 cm³/mol. The molecule has 0 spiro atoms. The van der Waals surface area contributed by atoms with Gasteiger partial charge in [-0.3, -0.25) is 9.59 Å². The van der Waals surface area contributed by atoms with Crippen LogP contribution in [0.1, 0.15) is 19.3 Å². The van der Waals surface area contributed by atoms with Crippen LogP contribution in [-0.2, 0) is 14.3 Å². The Bertz CT molecular complexity index is 321. The smallest absolute Gasteiger partial charge is 0.248 e. The highest BCUT2D eigenvalue weighted by molar-refractivity contribution is 5.80. The lowest BCUT2D eigenvalue weighted by atomic mass is 10.0. The second kappa shape index (κ2) is 6.86. The summed E-state index contributed by atoms with van der Waals surface area (Å²) in [6.45, 7) is 3.27. The molecule has 0 aliphatic carbocycles. The van der Waals surface area contributed by atoms with E-state index in [4.69, 9.17) is 4.74 Å². The maximum Gasteiger partial charge on any atom is 0.248 e. The number of nitrogens with zero attached hydrogens (tertiary/aromatic N) is 1. The minimum Gasteiger partial charge on any atom is -0.375 e. The van der Waals surface area contributed by atoms with Crippen molar-refractivity contribution in [3.05, 3.63) is 0 Å². The molecule has 2 N–H and O–H groups in total. The van der Waals surface area contributed by atoms with Gasteiger partial charge in [0.15, 0.2) is 0 Å². The topological polar surface area (TPSA) is 70.7 Å². The summed E-state index contributed by atoms with van der Waals surface area (Å²) >= 11 is 0. The third kappa shape index (κ3) is 3.91. The van der Waals surface area contributed by atoms with Gasteiger partial charge in [0.2, 0.25) is 11.8 Å². The molecule has 2 heterocycles. The number of carbonyl (C=O) groups is 2. The average Bonchev–Trinajstić information content (AvgIpc) is 2.94. The largest absolute Gasteiger partial charge is 0.375 e. The number of methoxy groups -OCH3 is 1. The van der Waals surface area contributed by atoms with E-state index in [1.807, 2.05) is 4.90 Å². The van der Waals surface area contributed by atoms with E-state index in [1.165, 1.54) is 7.11 Å². The molecule has 0 radical (unpaired) electrons. The Labute approximate surface area is 113 Å². The first kappa shape index (κ1) is 14.3. The van der Waals surface area contributed by atoms with Gasteiger partial charge in [0, 0.05) is 32.8 Å². The first-order valence-electron chi connectivity index (χ1n) is 6.98. The Morgan fingerprint density at radius 1 is 1.32 bits per heavy atom. The predicted octanol–water partition coefficient (Wildman–Crippen LogP) is -0.650. The van der Waals surface area contributed by atoms with Crippen molar-refractivity contribution in [2.45, 2.75) is 25.3 Å². The Morgan fingerprint density at radius 2 is 2.05 bits per heavy atom. The number of piperidine rings is 1. The number of amides is 2. The summed E-state index contributed by atoms with van der Waals surface area (Å²) in [5, 5.41) is 6.30. The molecule has 2 rings (SSSR count). The quantitative estimate of drug-likeness (QED) is 0.711. The summed E-state index contributed by atoms with van der Waals surface area (Å²) in [7, 11) is 1.53. The van der Waals surface area contributed by atoms with Crippen molar-refractivity contribution in [3.8, 4) is 0 Å². The second-order valence-corrected chi connectivity index (χ2v) is 5.29. The third-order valence-corrected chi connectivity index (χ3v) is 3.89. The standard InChI is InChI=1S/C13H23N3O3/c1-19-9-12(17)16-6-3-11(4-7-16)15-13(18)10-2-5-14-8-10/h10-11,14H,2-9H2,1H3,(H,15,18). The number of hydrogen-bond acceptors (Lipinski definition) is 4. The fourth-order valence-corrected chi connectivity index (χ4v) is 2.69. The fourth-order valence-electron chi connectivity index (χ4n) is 2.69. The summed E-state index contributed by atoms with van der Waals surface area (Å²) in [5.41, 5.74) is 0. The van der Waals surface area contributed by atoms with Gasteiger partial charge < -0.3 is 20.3 Å². The van der Waals surface area contributed by atoms with E-state index in [0.29, 0.717) is 13.1 Å². The molecule has 6 heteroatoms. The first-order chi connectivity index (χ1) is 9.20. The second-order valence-electron chi connectivity index (χ2n) is 5.29. The zero-order valence-corrected chi connectivity index (χ0v) is 11.5. The van der Waals surface area contributed by atoms with Crippen molar-refractivity contribution in [1.82, 2.24) is 15.5 Å². The van der Waals surface area contributed by atoms with Crippen molar-refractivity contribution < 1.29 is 14.3 Å². The average molecular weight is 269 g/mol. The van der Waals surface area contributed by atoms with Crippen LogP contribution in [0.5, 0.6) is 0 Å². The van der Waals surface area contributed by atoms with Crippen molar-refractivity contribution in [2.75, 3.05) is 39.9 Å². The van der Waals surface area contributed by atoms with Crippen LogP contribution in [0.25, 0.3) is 0 Å². The monoisotopic (exact) mass is 269 g/mol.